The predicted molar refractivity (Wildman–Crippen MR) is 126 cm³/mol. The highest BCUT2D eigenvalue weighted by molar-refractivity contribution is 6.00. The number of benzene rings is 2. The molecule has 2 amide bonds. The highest BCUT2D eigenvalue weighted by Crippen LogP contribution is 2.38. The number of rotatable bonds is 8. The quantitative estimate of drug-likeness (QED) is 0.616. The summed E-state index contributed by atoms with van der Waals surface area (Å²) in [4.78, 5) is 27.4. The Morgan fingerprint density at radius 1 is 1.16 bits per heavy atom. The lowest BCUT2D eigenvalue weighted by atomic mass is 9.92. The lowest BCUT2D eigenvalue weighted by Crippen LogP contribution is -2.42. The van der Waals surface area contributed by atoms with Crippen LogP contribution in [-0.2, 0) is 16.0 Å². The normalized spacial score (nSPS) is 15.3. The Kier molecular flexibility index (Phi) is 7.37. The summed E-state index contributed by atoms with van der Waals surface area (Å²) in [5.41, 5.74) is 2.11. The van der Waals surface area contributed by atoms with Crippen LogP contribution in [0.2, 0.25) is 0 Å². The molecule has 166 valence electrons. The molecule has 31 heavy (non-hydrogen) atoms. The lowest BCUT2D eigenvalue weighted by Gasteiger charge is -2.28. The number of carbonyl (C=O) groups is 2. The summed E-state index contributed by atoms with van der Waals surface area (Å²) in [6, 6.07) is 15.8. The molecular formula is C26H34N2O3. The molecule has 2 aromatic rings. The molecule has 0 unspecified atom stereocenters. The molecule has 2 aromatic carbocycles. The fraction of sp³-hybridized carbons (Fsp3) is 0.462. The van der Waals surface area contributed by atoms with Crippen LogP contribution in [0.1, 0.15) is 52.5 Å². The number of aryl methyl sites for hydroxylation is 1. The fourth-order valence-corrected chi connectivity index (χ4v) is 3.66. The van der Waals surface area contributed by atoms with Crippen LogP contribution >= 0.6 is 0 Å². The van der Waals surface area contributed by atoms with Gasteiger partial charge in [-0.05, 0) is 56.7 Å². The second-order valence-corrected chi connectivity index (χ2v) is 9.38. The smallest absolute Gasteiger partial charge is 0.236 e. The van der Waals surface area contributed by atoms with Crippen molar-refractivity contribution in [2.24, 2.45) is 11.3 Å². The molecule has 3 rings (SSSR count). The zero-order chi connectivity index (χ0) is 22.4. The van der Waals surface area contributed by atoms with Crippen LogP contribution in [0.4, 0.5) is 11.4 Å². The van der Waals surface area contributed by atoms with Crippen LogP contribution in [0.25, 0.3) is 0 Å². The van der Waals surface area contributed by atoms with E-state index in [1.54, 1.807) is 0 Å². The Balaban J connectivity index is 1.67. The first-order chi connectivity index (χ1) is 14.8. The molecule has 0 radical (unpaired) electrons. The van der Waals surface area contributed by atoms with Gasteiger partial charge < -0.3 is 15.0 Å². The van der Waals surface area contributed by atoms with E-state index in [4.69, 9.17) is 4.74 Å². The van der Waals surface area contributed by atoms with Crippen molar-refractivity contribution in [3.8, 4) is 5.75 Å². The van der Waals surface area contributed by atoms with E-state index >= 15 is 0 Å². The van der Waals surface area contributed by atoms with Crippen molar-refractivity contribution in [2.45, 2.75) is 53.4 Å². The fourth-order valence-electron chi connectivity index (χ4n) is 3.66. The highest BCUT2D eigenvalue weighted by atomic mass is 16.5. The third-order valence-corrected chi connectivity index (χ3v) is 5.59. The number of hydrogen-bond acceptors (Lipinski definition) is 3. The van der Waals surface area contributed by atoms with Crippen LogP contribution in [0.15, 0.2) is 48.5 Å². The van der Waals surface area contributed by atoms with E-state index < -0.39 is 5.41 Å². The monoisotopic (exact) mass is 422 g/mol. The van der Waals surface area contributed by atoms with Crippen molar-refractivity contribution in [1.29, 1.82) is 0 Å². The van der Waals surface area contributed by atoms with E-state index in [2.05, 4.69) is 31.3 Å². The third-order valence-electron chi connectivity index (χ3n) is 5.59. The Bertz CT molecular complexity index is 906. The van der Waals surface area contributed by atoms with Gasteiger partial charge in [-0.15, -0.1) is 0 Å². The van der Waals surface area contributed by atoms with Gasteiger partial charge in [-0.2, -0.15) is 0 Å². The van der Waals surface area contributed by atoms with Crippen LogP contribution in [0.5, 0.6) is 5.75 Å². The summed E-state index contributed by atoms with van der Waals surface area (Å²) in [6.45, 7) is 9.10. The summed E-state index contributed by atoms with van der Waals surface area (Å²) in [5.74, 6) is 1.20. The van der Waals surface area contributed by atoms with Gasteiger partial charge >= 0.3 is 0 Å². The number of ether oxygens (including phenoxy) is 1. The van der Waals surface area contributed by atoms with Crippen LogP contribution in [-0.4, -0.2) is 25.0 Å². The van der Waals surface area contributed by atoms with E-state index in [1.165, 1.54) is 5.56 Å². The number of carbonyl (C=O) groups excluding carboxylic acids is 2. The molecule has 0 spiro atoms. The maximum atomic E-state index is 13.1. The molecule has 0 fully saturated rings. The largest absolute Gasteiger partial charge is 0.490 e. The minimum Gasteiger partial charge on any atom is -0.490 e. The van der Waals surface area contributed by atoms with Crippen molar-refractivity contribution in [3.63, 3.8) is 0 Å². The van der Waals surface area contributed by atoms with Gasteiger partial charge in [-0.25, -0.2) is 0 Å². The van der Waals surface area contributed by atoms with E-state index in [0.29, 0.717) is 36.9 Å². The Labute approximate surface area is 185 Å². The van der Waals surface area contributed by atoms with Gasteiger partial charge in [0.05, 0.1) is 11.1 Å². The number of amides is 2. The van der Waals surface area contributed by atoms with Crippen molar-refractivity contribution in [2.75, 3.05) is 23.4 Å². The van der Waals surface area contributed by atoms with Crippen molar-refractivity contribution >= 4 is 23.2 Å². The Hall–Kier alpha value is -2.82. The van der Waals surface area contributed by atoms with E-state index in [9.17, 15) is 9.59 Å². The zero-order valence-corrected chi connectivity index (χ0v) is 19.1. The number of fused-ring (bicyclic) bond motifs is 1. The number of nitrogens with zero attached hydrogens (tertiary/aromatic N) is 1. The molecule has 0 aromatic heterocycles. The molecule has 5 nitrogen and oxygen atoms in total. The maximum absolute atomic E-state index is 13.1. The summed E-state index contributed by atoms with van der Waals surface area (Å²) in [7, 11) is 0. The summed E-state index contributed by atoms with van der Waals surface area (Å²) >= 11 is 0. The first kappa shape index (κ1) is 22.9. The van der Waals surface area contributed by atoms with E-state index in [0.717, 1.165) is 24.9 Å². The molecule has 1 aliphatic rings. The molecule has 1 heterocycles. The van der Waals surface area contributed by atoms with Gasteiger partial charge in [0.25, 0.3) is 0 Å². The first-order valence-corrected chi connectivity index (χ1v) is 11.2. The van der Waals surface area contributed by atoms with Gasteiger partial charge in [0, 0.05) is 24.7 Å². The average molecular weight is 423 g/mol. The molecule has 0 saturated heterocycles. The first-order valence-electron chi connectivity index (χ1n) is 11.2. The molecule has 0 aliphatic carbocycles. The minimum absolute atomic E-state index is 0.0161. The maximum Gasteiger partial charge on any atom is 0.236 e. The molecule has 1 aliphatic heterocycles. The highest BCUT2D eigenvalue weighted by Gasteiger charge is 2.37. The van der Waals surface area contributed by atoms with Crippen LogP contribution < -0.4 is 15.0 Å². The lowest BCUT2D eigenvalue weighted by molar-refractivity contribution is -0.127. The Morgan fingerprint density at radius 2 is 1.90 bits per heavy atom. The molecule has 5 heteroatoms. The van der Waals surface area contributed by atoms with E-state index in [1.807, 2.05) is 55.1 Å². The van der Waals surface area contributed by atoms with Gasteiger partial charge in [-0.1, -0.05) is 44.2 Å². The predicted octanol–water partition coefficient (Wildman–Crippen LogP) is 5.45. The number of anilines is 2. The van der Waals surface area contributed by atoms with Gasteiger partial charge in [0.1, 0.15) is 12.4 Å². The van der Waals surface area contributed by atoms with Crippen molar-refractivity contribution in [1.82, 2.24) is 0 Å². The molecular weight excluding hydrogens is 388 g/mol. The summed E-state index contributed by atoms with van der Waals surface area (Å²) < 4.78 is 6.02. The number of hydrogen-bond donors (Lipinski definition) is 1. The molecule has 0 atom stereocenters. The van der Waals surface area contributed by atoms with Crippen molar-refractivity contribution in [3.05, 3.63) is 54.1 Å². The van der Waals surface area contributed by atoms with Gasteiger partial charge in [0.15, 0.2) is 0 Å². The second kappa shape index (κ2) is 9.99. The van der Waals surface area contributed by atoms with Crippen LogP contribution in [0.3, 0.4) is 0 Å². The van der Waals surface area contributed by atoms with Gasteiger partial charge in [-0.3, -0.25) is 9.59 Å². The minimum atomic E-state index is -0.600. The Morgan fingerprint density at radius 3 is 2.61 bits per heavy atom. The standard InChI is InChI=1S/C26H34N2O3/c1-19(2)15-16-28-22-14-13-21(17-23(22)31-18-26(3,4)25(28)30)27-24(29)12-8-11-20-9-6-5-7-10-20/h5-7,9-10,13-14,17,19H,8,11-12,15-16,18H2,1-4H3,(H,27,29). The second-order valence-electron chi connectivity index (χ2n) is 9.38. The topological polar surface area (TPSA) is 58.6 Å². The number of nitrogens with one attached hydrogen (secondary N) is 1. The molecule has 0 bridgehead atoms. The summed E-state index contributed by atoms with van der Waals surface area (Å²) in [6.07, 6.45) is 3.05. The molecule has 0 saturated carbocycles. The van der Waals surface area contributed by atoms with Crippen molar-refractivity contribution < 1.29 is 14.3 Å². The zero-order valence-electron chi connectivity index (χ0n) is 19.1. The summed E-state index contributed by atoms with van der Waals surface area (Å²) in [5, 5.41) is 2.97. The SMILES string of the molecule is CC(C)CCN1C(=O)C(C)(C)COc2cc(NC(=O)CCCc3ccccc3)ccc21. The van der Waals surface area contributed by atoms with Gasteiger partial charge in [0.2, 0.25) is 11.8 Å². The van der Waals surface area contributed by atoms with E-state index in [-0.39, 0.29) is 11.8 Å². The van der Waals surface area contributed by atoms with Crippen LogP contribution in [0, 0.1) is 11.3 Å². The molecule has 1 N–H and O–H groups in total. The average Bonchev–Trinajstić information content (AvgIpc) is 2.82. The third kappa shape index (κ3) is 6.09.